The molecule has 6 heteroatoms. The smallest absolute Gasteiger partial charge is 0.206 e. The first-order chi connectivity index (χ1) is 13.3. The Balaban J connectivity index is 1.76. The average Bonchev–Trinajstić information content (AvgIpc) is 3.11. The summed E-state index contributed by atoms with van der Waals surface area (Å²) in [4.78, 5) is 10.1. The molecule has 0 spiro atoms. The fourth-order valence-corrected chi connectivity index (χ4v) is 4.43. The number of hydrogen-bond donors (Lipinski definition) is 0. The molecule has 0 aliphatic heterocycles. The molecule has 0 N–H and O–H groups in total. The van der Waals surface area contributed by atoms with Crippen molar-refractivity contribution in [3.63, 3.8) is 0 Å². The van der Waals surface area contributed by atoms with E-state index in [0.29, 0.717) is 6.04 Å². The number of pyridine rings is 1. The van der Waals surface area contributed by atoms with E-state index in [4.69, 9.17) is 10.1 Å². The van der Waals surface area contributed by atoms with Crippen LogP contribution in [0.15, 0.2) is 68.7 Å². The maximum atomic E-state index is 5.04. The Morgan fingerprint density at radius 2 is 1.78 bits per heavy atom. The Labute approximate surface area is 171 Å². The van der Waals surface area contributed by atoms with Gasteiger partial charge in [-0.1, -0.05) is 47.3 Å². The van der Waals surface area contributed by atoms with E-state index in [9.17, 15) is 0 Å². The van der Waals surface area contributed by atoms with Crippen LogP contribution in [0.3, 0.4) is 0 Å². The van der Waals surface area contributed by atoms with Gasteiger partial charge in [0.25, 0.3) is 0 Å². The fourth-order valence-electron chi connectivity index (χ4n) is 3.26. The first kappa shape index (κ1) is 18.3. The van der Waals surface area contributed by atoms with E-state index in [1.54, 1.807) is 23.7 Å². The maximum absolute atomic E-state index is 5.04. The standard InChI is InChI=1S/C21H21BrN4S/c22-18-8-6-17(7-9-18)20-15-27-21(25-19-4-2-1-3-5-19)26(20)24-14-16-10-12-23-13-11-16/h6-15,19H,1-5H2. The maximum Gasteiger partial charge on any atom is 0.206 e. The highest BCUT2D eigenvalue weighted by Gasteiger charge is 2.14. The molecule has 0 saturated heterocycles. The molecule has 4 rings (SSSR count). The summed E-state index contributed by atoms with van der Waals surface area (Å²) in [6.45, 7) is 0. The number of benzene rings is 1. The van der Waals surface area contributed by atoms with Gasteiger partial charge in [0.15, 0.2) is 0 Å². The van der Waals surface area contributed by atoms with E-state index in [-0.39, 0.29) is 0 Å². The lowest BCUT2D eigenvalue weighted by Crippen LogP contribution is -2.19. The van der Waals surface area contributed by atoms with Crippen LogP contribution in [0.25, 0.3) is 11.3 Å². The van der Waals surface area contributed by atoms with Crippen molar-refractivity contribution in [2.24, 2.45) is 10.1 Å². The van der Waals surface area contributed by atoms with Gasteiger partial charge in [0.1, 0.15) is 0 Å². The minimum Gasteiger partial charge on any atom is -0.265 e. The van der Waals surface area contributed by atoms with Crippen molar-refractivity contribution in [1.82, 2.24) is 9.66 Å². The van der Waals surface area contributed by atoms with Crippen LogP contribution in [0.1, 0.15) is 37.7 Å². The molecule has 0 atom stereocenters. The lowest BCUT2D eigenvalue weighted by atomic mass is 9.96. The molecule has 2 aromatic heterocycles. The lowest BCUT2D eigenvalue weighted by molar-refractivity contribution is 0.435. The largest absolute Gasteiger partial charge is 0.265 e. The molecule has 1 aliphatic carbocycles. The molecular formula is C21H21BrN4S. The molecule has 0 radical (unpaired) electrons. The number of aromatic nitrogens is 2. The lowest BCUT2D eigenvalue weighted by Gasteiger charge is -2.16. The Hall–Kier alpha value is -2.05. The molecular weight excluding hydrogens is 420 g/mol. The van der Waals surface area contributed by atoms with Crippen LogP contribution in [0.2, 0.25) is 0 Å². The van der Waals surface area contributed by atoms with Gasteiger partial charge in [0.05, 0.1) is 18.0 Å². The van der Waals surface area contributed by atoms with E-state index < -0.39 is 0 Å². The van der Waals surface area contributed by atoms with Crippen LogP contribution in [0.5, 0.6) is 0 Å². The van der Waals surface area contributed by atoms with Crippen LogP contribution in [0, 0.1) is 0 Å². The fraction of sp³-hybridized carbons (Fsp3) is 0.286. The monoisotopic (exact) mass is 440 g/mol. The Bertz CT molecular complexity index is 967. The number of nitrogens with zero attached hydrogens (tertiary/aromatic N) is 4. The highest BCUT2D eigenvalue weighted by molar-refractivity contribution is 9.10. The molecule has 1 aromatic carbocycles. The molecule has 4 nitrogen and oxygen atoms in total. The van der Waals surface area contributed by atoms with Crippen LogP contribution in [0.4, 0.5) is 0 Å². The molecule has 138 valence electrons. The average molecular weight is 441 g/mol. The number of rotatable bonds is 4. The van der Waals surface area contributed by atoms with Gasteiger partial charge in [-0.3, -0.25) is 9.98 Å². The van der Waals surface area contributed by atoms with E-state index in [1.165, 1.54) is 32.1 Å². The first-order valence-electron chi connectivity index (χ1n) is 9.24. The van der Waals surface area contributed by atoms with Gasteiger partial charge in [0.2, 0.25) is 4.80 Å². The molecule has 1 fully saturated rings. The Morgan fingerprint density at radius 3 is 2.52 bits per heavy atom. The van der Waals surface area contributed by atoms with Gasteiger partial charge < -0.3 is 0 Å². The Morgan fingerprint density at radius 1 is 1.04 bits per heavy atom. The molecule has 3 aromatic rings. The second kappa shape index (κ2) is 8.76. The Kier molecular flexibility index (Phi) is 5.94. The summed E-state index contributed by atoms with van der Waals surface area (Å²) in [6.07, 6.45) is 11.7. The number of thiazole rings is 1. The zero-order chi connectivity index (χ0) is 18.5. The van der Waals surface area contributed by atoms with Crippen LogP contribution < -0.4 is 4.80 Å². The summed E-state index contributed by atoms with van der Waals surface area (Å²) in [6, 6.07) is 12.6. The highest BCUT2D eigenvalue weighted by atomic mass is 79.9. The van der Waals surface area contributed by atoms with Crippen LogP contribution >= 0.6 is 27.3 Å². The third kappa shape index (κ3) is 4.62. The summed E-state index contributed by atoms with van der Waals surface area (Å²) < 4.78 is 3.04. The summed E-state index contributed by atoms with van der Waals surface area (Å²) >= 11 is 5.17. The topological polar surface area (TPSA) is 42.5 Å². The molecule has 2 heterocycles. The second-order valence-corrected chi connectivity index (χ2v) is 8.42. The number of hydrogen-bond acceptors (Lipinski definition) is 4. The third-order valence-electron chi connectivity index (χ3n) is 4.72. The van der Waals surface area contributed by atoms with Gasteiger partial charge in [-0.15, -0.1) is 11.3 Å². The van der Waals surface area contributed by atoms with Crippen molar-refractivity contribution in [3.8, 4) is 11.3 Å². The summed E-state index contributed by atoms with van der Waals surface area (Å²) in [7, 11) is 0. The molecule has 1 saturated carbocycles. The van der Waals surface area contributed by atoms with Crippen molar-refractivity contribution in [2.45, 2.75) is 38.1 Å². The summed E-state index contributed by atoms with van der Waals surface area (Å²) in [5, 5.41) is 6.92. The van der Waals surface area contributed by atoms with E-state index in [2.05, 4.69) is 50.6 Å². The van der Waals surface area contributed by atoms with Gasteiger partial charge in [0, 0.05) is 27.8 Å². The third-order valence-corrected chi connectivity index (χ3v) is 6.08. The quantitative estimate of drug-likeness (QED) is 0.494. The van der Waals surface area contributed by atoms with Crippen molar-refractivity contribution < 1.29 is 0 Å². The molecule has 0 bridgehead atoms. The minimum absolute atomic E-state index is 0.414. The predicted octanol–water partition coefficient (Wildman–Crippen LogP) is 5.49. The SMILES string of the molecule is Brc1ccc(-c2csc(=NC3CCCCC3)n2N=Cc2ccncc2)cc1. The number of halogens is 1. The summed E-state index contributed by atoms with van der Waals surface area (Å²) in [5.41, 5.74) is 3.22. The predicted molar refractivity (Wildman–Crippen MR) is 115 cm³/mol. The van der Waals surface area contributed by atoms with Crippen molar-refractivity contribution >= 4 is 33.5 Å². The molecule has 0 unspecified atom stereocenters. The second-order valence-electron chi connectivity index (χ2n) is 6.67. The van der Waals surface area contributed by atoms with Crippen LogP contribution in [-0.2, 0) is 0 Å². The summed E-state index contributed by atoms with van der Waals surface area (Å²) in [5.74, 6) is 0. The van der Waals surface area contributed by atoms with Gasteiger partial charge in [-0.25, -0.2) is 4.68 Å². The van der Waals surface area contributed by atoms with Crippen molar-refractivity contribution in [2.75, 3.05) is 0 Å². The van der Waals surface area contributed by atoms with E-state index in [1.807, 2.05) is 23.0 Å². The van der Waals surface area contributed by atoms with E-state index >= 15 is 0 Å². The molecule has 0 amide bonds. The minimum atomic E-state index is 0.414. The van der Waals surface area contributed by atoms with Crippen molar-refractivity contribution in [1.29, 1.82) is 0 Å². The molecule has 27 heavy (non-hydrogen) atoms. The highest BCUT2D eigenvalue weighted by Crippen LogP contribution is 2.24. The van der Waals surface area contributed by atoms with Crippen LogP contribution in [-0.4, -0.2) is 21.9 Å². The molecule has 1 aliphatic rings. The van der Waals surface area contributed by atoms with E-state index in [0.717, 1.165) is 26.1 Å². The van der Waals surface area contributed by atoms with Crippen molar-refractivity contribution in [3.05, 3.63) is 69.0 Å². The normalized spacial score (nSPS) is 16.3. The van der Waals surface area contributed by atoms with Gasteiger partial charge >= 0.3 is 0 Å². The zero-order valence-corrected chi connectivity index (χ0v) is 17.4. The zero-order valence-electron chi connectivity index (χ0n) is 15.0. The van der Waals surface area contributed by atoms with Gasteiger partial charge in [-0.2, -0.15) is 5.10 Å². The first-order valence-corrected chi connectivity index (χ1v) is 10.9. The van der Waals surface area contributed by atoms with Gasteiger partial charge in [-0.05, 0) is 42.7 Å².